The molecule has 0 aliphatic carbocycles. The van der Waals surface area contributed by atoms with E-state index < -0.39 is 33.3 Å². The van der Waals surface area contributed by atoms with E-state index in [9.17, 15) is 26.0 Å². The fraction of sp³-hybridized carbons (Fsp3) is 0.333. The van der Waals surface area contributed by atoms with E-state index in [1.165, 1.54) is 11.9 Å². The van der Waals surface area contributed by atoms with Crippen LogP contribution in [0.2, 0.25) is 0 Å². The average molecular weight is 488 g/mol. The monoisotopic (exact) mass is 487 g/mol. The van der Waals surface area contributed by atoms with Crippen molar-refractivity contribution in [3.05, 3.63) is 59.4 Å². The molecule has 0 heterocycles. The fourth-order valence-corrected chi connectivity index (χ4v) is 3.40. The largest absolute Gasteiger partial charge is 0.390 e. The number of nitrogens with zero attached hydrogens (tertiary/aromatic N) is 3. The molecule has 0 bridgehead atoms. The van der Waals surface area contributed by atoms with E-state index in [0.717, 1.165) is 29.3 Å². The maximum absolute atomic E-state index is 14.5. The van der Waals surface area contributed by atoms with Gasteiger partial charge in [0, 0.05) is 13.0 Å². The molecule has 0 atom stereocenters. The lowest BCUT2D eigenvalue weighted by molar-refractivity contribution is -0.137. The summed E-state index contributed by atoms with van der Waals surface area (Å²) in [5.41, 5.74) is 7.51. The summed E-state index contributed by atoms with van der Waals surface area (Å²) in [6, 6.07) is 10.4. The second-order valence-electron chi connectivity index (χ2n) is 7.56. The highest BCUT2D eigenvalue weighted by Gasteiger charge is 2.27. The molecule has 0 radical (unpaired) electrons. The first-order valence-corrected chi connectivity index (χ1v) is 11.3. The maximum Gasteiger partial charge on any atom is 0.390 e. The first-order chi connectivity index (χ1) is 15.2. The van der Waals surface area contributed by atoms with E-state index in [2.05, 4.69) is 9.98 Å². The smallest absolute Gasteiger partial charge is 0.386 e. The van der Waals surface area contributed by atoms with Crippen LogP contribution in [-0.2, 0) is 16.4 Å². The fourth-order valence-electron chi connectivity index (χ4n) is 2.88. The van der Waals surface area contributed by atoms with Crippen molar-refractivity contribution >= 4 is 27.4 Å². The van der Waals surface area contributed by atoms with Gasteiger partial charge in [-0.3, -0.25) is 4.90 Å². The number of sulfonamides is 1. The number of rotatable bonds is 8. The molecule has 2 aromatic rings. The molecular formula is C21H25F4N5O2S. The zero-order valence-electron chi connectivity index (χ0n) is 18.1. The summed E-state index contributed by atoms with van der Waals surface area (Å²) in [5, 5.41) is 5.01. The molecule has 7 nitrogen and oxygen atoms in total. The van der Waals surface area contributed by atoms with Crippen LogP contribution in [0, 0.1) is 12.7 Å². The number of benzene rings is 2. The summed E-state index contributed by atoms with van der Waals surface area (Å²) in [6.07, 6.45) is -5.13. The number of halogens is 4. The van der Waals surface area contributed by atoms with Gasteiger partial charge < -0.3 is 5.73 Å². The van der Waals surface area contributed by atoms with Crippen LogP contribution in [0.1, 0.15) is 17.5 Å². The molecule has 0 aliphatic heterocycles. The Labute approximate surface area is 189 Å². The zero-order valence-corrected chi connectivity index (χ0v) is 18.9. The summed E-state index contributed by atoms with van der Waals surface area (Å²) in [5.74, 6) is -0.837. The van der Waals surface area contributed by atoms with Crippen molar-refractivity contribution in [3.8, 4) is 0 Å². The lowest BCUT2D eigenvalue weighted by Gasteiger charge is -2.17. The molecule has 0 aromatic heterocycles. The van der Waals surface area contributed by atoms with Crippen LogP contribution in [0.25, 0.3) is 0 Å². The Morgan fingerprint density at radius 3 is 2.42 bits per heavy atom. The van der Waals surface area contributed by atoms with Crippen LogP contribution in [0.4, 0.5) is 23.2 Å². The predicted molar refractivity (Wildman–Crippen MR) is 120 cm³/mol. The lowest BCUT2D eigenvalue weighted by atomic mass is 10.1. The molecule has 4 N–H and O–H groups in total. The van der Waals surface area contributed by atoms with Gasteiger partial charge in [-0.1, -0.05) is 29.8 Å². The van der Waals surface area contributed by atoms with Crippen molar-refractivity contribution in [1.82, 2.24) is 4.90 Å². The maximum atomic E-state index is 14.5. The highest BCUT2D eigenvalue weighted by atomic mass is 32.2. The summed E-state index contributed by atoms with van der Waals surface area (Å²) < 4.78 is 74.6. The highest BCUT2D eigenvalue weighted by molar-refractivity contribution is 7.89. The minimum absolute atomic E-state index is 0.00681. The van der Waals surface area contributed by atoms with Crippen molar-refractivity contribution < 1.29 is 26.0 Å². The molecule has 0 unspecified atom stereocenters. The SMILES string of the molecule is Cc1cccc(CC(N=C(N)CN(C)CCC(F)(F)F)=Nc2ccc(S(N)(=O)=O)cc2F)c1. The number of alkyl halides is 3. The van der Waals surface area contributed by atoms with E-state index >= 15 is 0 Å². The molecule has 0 spiro atoms. The lowest BCUT2D eigenvalue weighted by Crippen LogP contribution is -2.34. The third-order valence-corrected chi connectivity index (χ3v) is 5.33. The Balaban J connectivity index is 2.34. The molecule has 33 heavy (non-hydrogen) atoms. The van der Waals surface area contributed by atoms with Gasteiger partial charge in [0.2, 0.25) is 10.0 Å². The predicted octanol–water partition coefficient (Wildman–Crippen LogP) is 3.30. The normalized spacial score (nSPS) is 13.6. The van der Waals surface area contributed by atoms with Gasteiger partial charge in [-0.05, 0) is 37.7 Å². The number of hydrogen-bond donors (Lipinski definition) is 2. The van der Waals surface area contributed by atoms with Gasteiger partial charge in [-0.15, -0.1) is 0 Å². The Morgan fingerprint density at radius 2 is 1.85 bits per heavy atom. The molecule has 0 saturated heterocycles. The Bertz CT molecular complexity index is 1150. The second kappa shape index (κ2) is 10.9. The number of amidine groups is 2. The quantitative estimate of drug-likeness (QED) is 0.338. The topological polar surface area (TPSA) is 114 Å². The van der Waals surface area contributed by atoms with Gasteiger partial charge in [0.25, 0.3) is 0 Å². The minimum atomic E-state index is -4.29. The van der Waals surface area contributed by atoms with E-state index in [4.69, 9.17) is 10.9 Å². The Kier molecular flexibility index (Phi) is 8.69. The Morgan fingerprint density at radius 1 is 1.15 bits per heavy atom. The molecule has 2 rings (SSSR count). The van der Waals surface area contributed by atoms with Gasteiger partial charge in [0.15, 0.2) is 0 Å². The van der Waals surface area contributed by atoms with Gasteiger partial charge >= 0.3 is 6.18 Å². The van der Waals surface area contributed by atoms with Gasteiger partial charge in [0.1, 0.15) is 23.2 Å². The number of hydrogen-bond acceptors (Lipinski definition) is 4. The van der Waals surface area contributed by atoms with Crippen molar-refractivity contribution in [3.63, 3.8) is 0 Å². The van der Waals surface area contributed by atoms with E-state index in [-0.39, 0.29) is 36.9 Å². The first kappa shape index (κ1) is 26.4. The zero-order chi connectivity index (χ0) is 24.8. The van der Waals surface area contributed by atoms with Crippen LogP contribution < -0.4 is 10.9 Å². The molecule has 12 heteroatoms. The summed E-state index contributed by atoms with van der Waals surface area (Å²) in [6.45, 7) is 1.56. The Hall–Kier alpha value is -2.83. The highest BCUT2D eigenvalue weighted by Crippen LogP contribution is 2.22. The van der Waals surface area contributed by atoms with E-state index in [1.54, 1.807) is 0 Å². The van der Waals surface area contributed by atoms with Crippen molar-refractivity contribution in [2.24, 2.45) is 20.9 Å². The molecule has 0 amide bonds. The standard InChI is InChI=1S/C21H25F4N5O2S/c1-14-4-3-5-15(10-14)11-20(29-19(26)13-30(2)9-8-21(23,24)25)28-18-7-6-16(12-17(18)22)33(27,31)32/h3-7,10,12H,8-9,11,13H2,1-2H3,(H2,26,28,29)(H2,27,31,32). The molecule has 0 aliphatic rings. The van der Waals surface area contributed by atoms with Crippen LogP contribution in [0.3, 0.4) is 0 Å². The summed E-state index contributed by atoms with van der Waals surface area (Å²) >= 11 is 0. The molecule has 2 aromatic carbocycles. The number of likely N-dealkylation sites (N-methyl/N-ethyl adjacent to an activating group) is 1. The van der Waals surface area contributed by atoms with Crippen molar-refractivity contribution in [1.29, 1.82) is 0 Å². The van der Waals surface area contributed by atoms with Crippen LogP contribution >= 0.6 is 0 Å². The molecule has 0 fully saturated rings. The summed E-state index contributed by atoms with van der Waals surface area (Å²) in [7, 11) is -2.62. The number of aliphatic imine (C=N–C) groups is 2. The number of primary sulfonamides is 1. The molecule has 180 valence electrons. The molecule has 0 saturated carbocycles. The average Bonchev–Trinajstić information content (AvgIpc) is 2.66. The third kappa shape index (κ3) is 9.28. The summed E-state index contributed by atoms with van der Waals surface area (Å²) in [4.78, 5) is 9.33. The van der Waals surface area contributed by atoms with Crippen LogP contribution in [0.5, 0.6) is 0 Å². The molecular weight excluding hydrogens is 462 g/mol. The van der Waals surface area contributed by atoms with Crippen LogP contribution in [0.15, 0.2) is 57.3 Å². The van der Waals surface area contributed by atoms with Crippen molar-refractivity contribution in [2.45, 2.75) is 30.8 Å². The van der Waals surface area contributed by atoms with E-state index in [1.807, 2.05) is 31.2 Å². The van der Waals surface area contributed by atoms with Crippen LogP contribution in [-0.4, -0.2) is 51.3 Å². The number of nitrogens with two attached hydrogens (primary N) is 2. The second-order valence-corrected chi connectivity index (χ2v) is 9.12. The third-order valence-electron chi connectivity index (χ3n) is 4.42. The van der Waals surface area contributed by atoms with Gasteiger partial charge in [-0.2, -0.15) is 13.2 Å². The first-order valence-electron chi connectivity index (χ1n) is 9.77. The van der Waals surface area contributed by atoms with E-state index in [0.29, 0.717) is 0 Å². The van der Waals surface area contributed by atoms with Crippen molar-refractivity contribution in [2.75, 3.05) is 20.1 Å². The van der Waals surface area contributed by atoms with Gasteiger partial charge in [-0.25, -0.2) is 27.9 Å². The minimum Gasteiger partial charge on any atom is -0.386 e. The number of aryl methyl sites for hydroxylation is 1. The van der Waals surface area contributed by atoms with Gasteiger partial charge in [0.05, 0.1) is 17.9 Å².